The summed E-state index contributed by atoms with van der Waals surface area (Å²) < 4.78 is 0. The van der Waals surface area contributed by atoms with Gasteiger partial charge in [0.2, 0.25) is 0 Å². The van der Waals surface area contributed by atoms with Crippen molar-refractivity contribution in [3.63, 3.8) is 0 Å². The predicted molar refractivity (Wildman–Crippen MR) is 167 cm³/mol. The SMILES string of the molecule is c1ccc(-c2cc(-c3cccc(-c4ccc(-c5ccccc5)c5ccccc45)c3)nc(-c3ccccc3)n2)cc1. The zero-order valence-electron chi connectivity index (χ0n) is 21.9. The molecule has 7 aromatic rings. The first-order chi connectivity index (χ1) is 19.8. The van der Waals surface area contributed by atoms with E-state index in [1.165, 1.54) is 27.5 Å². The van der Waals surface area contributed by atoms with Crippen LogP contribution >= 0.6 is 0 Å². The van der Waals surface area contributed by atoms with Crippen molar-refractivity contribution in [2.24, 2.45) is 0 Å². The van der Waals surface area contributed by atoms with E-state index >= 15 is 0 Å². The van der Waals surface area contributed by atoms with Crippen molar-refractivity contribution in [2.45, 2.75) is 0 Å². The summed E-state index contributed by atoms with van der Waals surface area (Å²) in [6.07, 6.45) is 0. The Bertz CT molecular complexity index is 1870. The lowest BCUT2D eigenvalue weighted by Crippen LogP contribution is -1.96. The van der Waals surface area contributed by atoms with Gasteiger partial charge in [0.05, 0.1) is 11.4 Å². The molecule has 0 saturated heterocycles. The first-order valence-electron chi connectivity index (χ1n) is 13.5. The Morgan fingerprint density at radius 1 is 0.300 bits per heavy atom. The third-order valence-electron chi connectivity index (χ3n) is 7.31. The van der Waals surface area contributed by atoms with Crippen molar-refractivity contribution in [2.75, 3.05) is 0 Å². The highest BCUT2D eigenvalue weighted by atomic mass is 14.9. The van der Waals surface area contributed by atoms with E-state index in [9.17, 15) is 0 Å². The molecule has 0 fully saturated rings. The molecule has 0 aliphatic carbocycles. The summed E-state index contributed by atoms with van der Waals surface area (Å²) in [4.78, 5) is 9.99. The van der Waals surface area contributed by atoms with Crippen molar-refractivity contribution >= 4 is 10.8 Å². The predicted octanol–water partition coefficient (Wildman–Crippen LogP) is 9.96. The summed E-state index contributed by atoms with van der Waals surface area (Å²) in [6, 6.07) is 55.0. The maximum Gasteiger partial charge on any atom is 0.160 e. The topological polar surface area (TPSA) is 25.8 Å². The average molecular weight is 511 g/mol. The zero-order chi connectivity index (χ0) is 26.7. The summed E-state index contributed by atoms with van der Waals surface area (Å²) in [7, 11) is 0. The molecule has 0 unspecified atom stereocenters. The molecule has 7 rings (SSSR count). The third kappa shape index (κ3) is 4.57. The van der Waals surface area contributed by atoms with E-state index in [1.807, 2.05) is 36.4 Å². The van der Waals surface area contributed by atoms with Crippen molar-refractivity contribution in [3.8, 4) is 56.2 Å². The lowest BCUT2D eigenvalue weighted by Gasteiger charge is -2.14. The van der Waals surface area contributed by atoms with Crippen LogP contribution in [0.4, 0.5) is 0 Å². The molecule has 6 aromatic carbocycles. The van der Waals surface area contributed by atoms with Crippen molar-refractivity contribution < 1.29 is 0 Å². The molecule has 2 heteroatoms. The average Bonchev–Trinajstić information content (AvgIpc) is 3.05. The molecule has 0 amide bonds. The maximum absolute atomic E-state index is 5.04. The monoisotopic (exact) mass is 510 g/mol. The Morgan fingerprint density at radius 2 is 0.750 bits per heavy atom. The number of hydrogen-bond donors (Lipinski definition) is 0. The van der Waals surface area contributed by atoms with Gasteiger partial charge in [0, 0.05) is 16.7 Å². The van der Waals surface area contributed by atoms with Gasteiger partial charge in [0.1, 0.15) is 0 Å². The van der Waals surface area contributed by atoms with E-state index in [-0.39, 0.29) is 0 Å². The van der Waals surface area contributed by atoms with Gasteiger partial charge in [-0.3, -0.25) is 0 Å². The molecule has 1 heterocycles. The fourth-order valence-corrected chi connectivity index (χ4v) is 5.33. The number of nitrogens with zero attached hydrogens (tertiary/aromatic N) is 2. The summed E-state index contributed by atoms with van der Waals surface area (Å²) in [5, 5.41) is 2.48. The number of rotatable bonds is 5. The number of aromatic nitrogens is 2. The Labute approximate surface area is 234 Å². The van der Waals surface area contributed by atoms with Gasteiger partial charge < -0.3 is 0 Å². The van der Waals surface area contributed by atoms with Gasteiger partial charge in [-0.2, -0.15) is 0 Å². The van der Waals surface area contributed by atoms with Crippen LogP contribution in [0.15, 0.2) is 158 Å². The molecule has 0 radical (unpaired) electrons. The minimum absolute atomic E-state index is 0.722. The molecular weight excluding hydrogens is 484 g/mol. The van der Waals surface area contributed by atoms with Gasteiger partial charge in [-0.25, -0.2) is 9.97 Å². The zero-order valence-corrected chi connectivity index (χ0v) is 21.9. The molecule has 2 nitrogen and oxygen atoms in total. The van der Waals surface area contributed by atoms with Crippen LogP contribution in [0.2, 0.25) is 0 Å². The van der Waals surface area contributed by atoms with Crippen LogP contribution in [0, 0.1) is 0 Å². The minimum atomic E-state index is 0.722. The van der Waals surface area contributed by atoms with E-state index in [0.29, 0.717) is 0 Å². The van der Waals surface area contributed by atoms with Crippen LogP contribution in [0.25, 0.3) is 66.9 Å². The largest absolute Gasteiger partial charge is 0.228 e. The highest BCUT2D eigenvalue weighted by molar-refractivity contribution is 6.05. The van der Waals surface area contributed by atoms with Gasteiger partial charge in [0.25, 0.3) is 0 Å². The molecule has 0 aliphatic rings. The second kappa shape index (κ2) is 10.4. The van der Waals surface area contributed by atoms with Crippen LogP contribution in [0.5, 0.6) is 0 Å². The fraction of sp³-hybridized carbons (Fsp3) is 0. The van der Waals surface area contributed by atoms with Crippen LogP contribution in [0.1, 0.15) is 0 Å². The highest BCUT2D eigenvalue weighted by Crippen LogP contribution is 2.37. The Hall–Kier alpha value is -5.34. The molecule has 0 saturated carbocycles. The molecule has 0 spiro atoms. The first kappa shape index (κ1) is 23.8. The van der Waals surface area contributed by atoms with Crippen LogP contribution in [-0.4, -0.2) is 9.97 Å². The van der Waals surface area contributed by atoms with Gasteiger partial charge in [0.15, 0.2) is 5.82 Å². The van der Waals surface area contributed by atoms with Crippen LogP contribution in [-0.2, 0) is 0 Å². The van der Waals surface area contributed by atoms with Crippen molar-refractivity contribution in [1.29, 1.82) is 0 Å². The quantitative estimate of drug-likeness (QED) is 0.230. The Morgan fingerprint density at radius 3 is 1.38 bits per heavy atom. The highest BCUT2D eigenvalue weighted by Gasteiger charge is 2.13. The summed E-state index contributed by atoms with van der Waals surface area (Å²) in [5.74, 6) is 0.722. The fourth-order valence-electron chi connectivity index (χ4n) is 5.33. The van der Waals surface area contributed by atoms with E-state index in [2.05, 4.69) is 121 Å². The van der Waals surface area contributed by atoms with Crippen molar-refractivity contribution in [1.82, 2.24) is 9.97 Å². The molecule has 1 aromatic heterocycles. The number of fused-ring (bicyclic) bond motifs is 1. The second-order valence-corrected chi connectivity index (χ2v) is 9.85. The van der Waals surface area contributed by atoms with Gasteiger partial charge in [-0.15, -0.1) is 0 Å². The molecule has 0 N–H and O–H groups in total. The van der Waals surface area contributed by atoms with Crippen LogP contribution < -0.4 is 0 Å². The van der Waals surface area contributed by atoms with E-state index in [0.717, 1.165) is 39.5 Å². The lowest BCUT2D eigenvalue weighted by atomic mass is 9.91. The molecule has 40 heavy (non-hydrogen) atoms. The molecule has 0 aliphatic heterocycles. The molecule has 188 valence electrons. The molecule has 0 bridgehead atoms. The van der Waals surface area contributed by atoms with E-state index in [4.69, 9.17) is 9.97 Å². The Kier molecular flexibility index (Phi) is 6.20. The third-order valence-corrected chi connectivity index (χ3v) is 7.31. The van der Waals surface area contributed by atoms with E-state index < -0.39 is 0 Å². The second-order valence-electron chi connectivity index (χ2n) is 9.85. The normalized spacial score (nSPS) is 11.0. The summed E-state index contributed by atoms with van der Waals surface area (Å²) >= 11 is 0. The standard InChI is InChI=1S/C38H26N2/c1-4-13-27(14-5-1)32-23-24-33(35-22-11-10-21-34(32)35)30-19-12-20-31(25-30)37-26-36(28-15-6-2-7-16-28)39-38(40-37)29-17-8-3-9-18-29/h1-26H. The minimum Gasteiger partial charge on any atom is -0.228 e. The lowest BCUT2D eigenvalue weighted by molar-refractivity contribution is 1.18. The first-order valence-corrected chi connectivity index (χ1v) is 13.5. The molecular formula is C38H26N2. The number of hydrogen-bond acceptors (Lipinski definition) is 2. The van der Waals surface area contributed by atoms with Crippen molar-refractivity contribution in [3.05, 3.63) is 158 Å². The van der Waals surface area contributed by atoms with Gasteiger partial charge in [-0.05, 0) is 45.2 Å². The smallest absolute Gasteiger partial charge is 0.160 e. The van der Waals surface area contributed by atoms with Crippen LogP contribution in [0.3, 0.4) is 0 Å². The molecule has 0 atom stereocenters. The summed E-state index contributed by atoms with van der Waals surface area (Å²) in [6.45, 7) is 0. The maximum atomic E-state index is 5.04. The summed E-state index contributed by atoms with van der Waals surface area (Å²) in [5.41, 5.74) is 9.78. The van der Waals surface area contributed by atoms with Gasteiger partial charge in [-0.1, -0.05) is 146 Å². The number of benzene rings is 6. The van der Waals surface area contributed by atoms with Gasteiger partial charge >= 0.3 is 0 Å². The van der Waals surface area contributed by atoms with E-state index in [1.54, 1.807) is 0 Å². The Balaban J connectivity index is 1.37.